The molecule has 1 atom stereocenters. The Morgan fingerprint density at radius 2 is 2.20 bits per heavy atom. The van der Waals surface area contributed by atoms with Crippen LogP contribution >= 0.6 is 0 Å². The molecule has 2 aromatic rings. The van der Waals surface area contributed by atoms with Gasteiger partial charge in [-0.15, -0.1) is 0 Å². The SMILES string of the molecule is Cc1cc(C)n(CCCC(=O)N2CCC[C@H](Cc3ccccn3)C2)n1. The van der Waals surface area contributed by atoms with Crippen molar-refractivity contribution in [3.8, 4) is 0 Å². The fourth-order valence-corrected chi connectivity index (χ4v) is 3.71. The van der Waals surface area contributed by atoms with Gasteiger partial charge in [-0.25, -0.2) is 0 Å². The van der Waals surface area contributed by atoms with Crippen molar-refractivity contribution < 1.29 is 4.79 Å². The summed E-state index contributed by atoms with van der Waals surface area (Å²) in [6.07, 6.45) is 6.56. The Labute approximate surface area is 150 Å². The molecule has 0 N–H and O–H groups in total. The van der Waals surface area contributed by atoms with E-state index in [9.17, 15) is 4.79 Å². The van der Waals surface area contributed by atoms with E-state index in [-0.39, 0.29) is 5.91 Å². The summed E-state index contributed by atoms with van der Waals surface area (Å²) in [4.78, 5) is 19.0. The number of rotatable bonds is 6. The van der Waals surface area contributed by atoms with Gasteiger partial charge in [0.05, 0.1) is 5.69 Å². The van der Waals surface area contributed by atoms with Crippen LogP contribution in [0.25, 0.3) is 0 Å². The molecule has 2 aromatic heterocycles. The third-order valence-corrected chi connectivity index (χ3v) is 4.96. The average Bonchev–Trinajstić information content (AvgIpc) is 2.93. The van der Waals surface area contributed by atoms with Gasteiger partial charge in [-0.1, -0.05) is 6.07 Å². The number of amides is 1. The molecule has 5 heteroatoms. The normalized spacial score (nSPS) is 17.7. The Hall–Kier alpha value is -2.17. The molecule has 0 saturated carbocycles. The number of pyridine rings is 1. The fraction of sp³-hybridized carbons (Fsp3) is 0.550. The maximum absolute atomic E-state index is 12.6. The highest BCUT2D eigenvalue weighted by atomic mass is 16.2. The highest BCUT2D eigenvalue weighted by Crippen LogP contribution is 2.21. The summed E-state index contributed by atoms with van der Waals surface area (Å²) in [6, 6.07) is 8.14. The third kappa shape index (κ3) is 4.91. The summed E-state index contributed by atoms with van der Waals surface area (Å²) >= 11 is 0. The molecule has 0 aliphatic carbocycles. The van der Waals surface area contributed by atoms with E-state index < -0.39 is 0 Å². The Bertz CT molecular complexity index is 695. The molecule has 0 unspecified atom stereocenters. The van der Waals surface area contributed by atoms with Crippen LogP contribution in [0, 0.1) is 19.8 Å². The molecule has 0 spiro atoms. The predicted octanol–water partition coefficient (Wildman–Crippen LogP) is 3.16. The molecule has 1 saturated heterocycles. The summed E-state index contributed by atoms with van der Waals surface area (Å²) in [7, 11) is 0. The van der Waals surface area contributed by atoms with Gasteiger partial charge in [-0.3, -0.25) is 14.5 Å². The van der Waals surface area contributed by atoms with Crippen molar-refractivity contribution in [2.45, 2.75) is 52.5 Å². The van der Waals surface area contributed by atoms with E-state index in [1.54, 1.807) is 0 Å². The molecule has 0 bridgehead atoms. The number of carbonyl (C=O) groups is 1. The van der Waals surface area contributed by atoms with E-state index in [1.807, 2.05) is 29.9 Å². The van der Waals surface area contributed by atoms with Gasteiger partial charge in [0.2, 0.25) is 5.91 Å². The first kappa shape index (κ1) is 17.6. The molecule has 134 valence electrons. The second-order valence-electron chi connectivity index (χ2n) is 7.13. The van der Waals surface area contributed by atoms with E-state index in [0.717, 1.165) is 50.3 Å². The van der Waals surface area contributed by atoms with Crippen LogP contribution in [0.15, 0.2) is 30.5 Å². The molecule has 3 rings (SSSR count). The first-order valence-electron chi connectivity index (χ1n) is 9.30. The Morgan fingerprint density at radius 3 is 2.92 bits per heavy atom. The molecule has 3 heterocycles. The first-order valence-corrected chi connectivity index (χ1v) is 9.30. The van der Waals surface area contributed by atoms with E-state index in [0.29, 0.717) is 12.3 Å². The summed E-state index contributed by atoms with van der Waals surface area (Å²) in [5, 5.41) is 4.46. The molecule has 0 radical (unpaired) electrons. The third-order valence-electron chi connectivity index (χ3n) is 4.96. The van der Waals surface area contributed by atoms with Crippen LogP contribution in [-0.4, -0.2) is 38.7 Å². The van der Waals surface area contributed by atoms with Gasteiger partial charge >= 0.3 is 0 Å². The van der Waals surface area contributed by atoms with Crippen molar-refractivity contribution in [2.24, 2.45) is 5.92 Å². The van der Waals surface area contributed by atoms with Gasteiger partial charge in [-0.05, 0) is 63.6 Å². The van der Waals surface area contributed by atoms with Crippen molar-refractivity contribution in [1.29, 1.82) is 0 Å². The van der Waals surface area contributed by atoms with Gasteiger partial charge in [0.1, 0.15) is 0 Å². The Balaban J connectivity index is 1.46. The smallest absolute Gasteiger partial charge is 0.222 e. The fourth-order valence-electron chi connectivity index (χ4n) is 3.71. The van der Waals surface area contributed by atoms with Crippen LogP contribution in [-0.2, 0) is 17.8 Å². The maximum atomic E-state index is 12.6. The highest BCUT2D eigenvalue weighted by Gasteiger charge is 2.23. The molecule has 25 heavy (non-hydrogen) atoms. The maximum Gasteiger partial charge on any atom is 0.222 e. The van der Waals surface area contributed by atoms with Gasteiger partial charge in [0.25, 0.3) is 0 Å². The minimum Gasteiger partial charge on any atom is -0.342 e. The molecule has 5 nitrogen and oxygen atoms in total. The van der Waals surface area contributed by atoms with Crippen LogP contribution in [0.2, 0.25) is 0 Å². The molecular formula is C20H28N4O. The monoisotopic (exact) mass is 340 g/mol. The lowest BCUT2D eigenvalue weighted by atomic mass is 9.93. The second kappa shape index (κ2) is 8.28. The highest BCUT2D eigenvalue weighted by molar-refractivity contribution is 5.76. The summed E-state index contributed by atoms with van der Waals surface area (Å²) in [6.45, 7) is 6.65. The predicted molar refractivity (Wildman–Crippen MR) is 98.2 cm³/mol. The van der Waals surface area contributed by atoms with Crippen molar-refractivity contribution >= 4 is 5.91 Å². The number of likely N-dealkylation sites (tertiary alicyclic amines) is 1. The van der Waals surface area contributed by atoms with Crippen LogP contribution < -0.4 is 0 Å². The van der Waals surface area contributed by atoms with Crippen molar-refractivity contribution in [1.82, 2.24) is 19.7 Å². The molecule has 0 aromatic carbocycles. The molecule has 1 fully saturated rings. The van der Waals surface area contributed by atoms with Crippen LogP contribution in [0.4, 0.5) is 0 Å². The average molecular weight is 340 g/mol. The number of carbonyl (C=O) groups excluding carboxylic acids is 1. The zero-order chi connectivity index (χ0) is 17.6. The number of aryl methyl sites for hydroxylation is 3. The topological polar surface area (TPSA) is 51.0 Å². The lowest BCUT2D eigenvalue weighted by molar-refractivity contribution is -0.133. The molecule has 1 aliphatic heterocycles. The number of hydrogen-bond acceptors (Lipinski definition) is 3. The van der Waals surface area contributed by atoms with Crippen molar-refractivity contribution in [2.75, 3.05) is 13.1 Å². The summed E-state index contributed by atoms with van der Waals surface area (Å²) < 4.78 is 2.00. The molecule has 1 aliphatic rings. The van der Waals surface area contributed by atoms with Crippen LogP contribution in [0.1, 0.15) is 42.8 Å². The van der Waals surface area contributed by atoms with Crippen LogP contribution in [0.5, 0.6) is 0 Å². The van der Waals surface area contributed by atoms with Gasteiger partial charge < -0.3 is 4.90 Å². The summed E-state index contributed by atoms with van der Waals surface area (Å²) in [5.74, 6) is 0.816. The number of piperidine rings is 1. The van der Waals surface area contributed by atoms with E-state index in [4.69, 9.17) is 0 Å². The number of aromatic nitrogens is 3. The number of nitrogens with zero attached hydrogens (tertiary/aromatic N) is 4. The Morgan fingerprint density at radius 1 is 1.32 bits per heavy atom. The zero-order valence-corrected chi connectivity index (χ0v) is 15.3. The van der Waals surface area contributed by atoms with E-state index in [1.165, 1.54) is 12.1 Å². The first-order chi connectivity index (χ1) is 12.1. The quantitative estimate of drug-likeness (QED) is 0.812. The van der Waals surface area contributed by atoms with E-state index in [2.05, 4.69) is 34.0 Å². The Kier molecular flexibility index (Phi) is 5.84. The van der Waals surface area contributed by atoms with Gasteiger partial charge in [0, 0.05) is 43.6 Å². The van der Waals surface area contributed by atoms with Crippen molar-refractivity contribution in [3.05, 3.63) is 47.5 Å². The second-order valence-corrected chi connectivity index (χ2v) is 7.13. The largest absolute Gasteiger partial charge is 0.342 e. The van der Waals surface area contributed by atoms with Gasteiger partial charge in [0.15, 0.2) is 0 Å². The number of hydrogen-bond donors (Lipinski definition) is 0. The standard InChI is InChI=1S/C20H28N4O/c1-16-13-17(2)24(22-16)12-6-9-20(25)23-11-5-7-18(15-23)14-19-8-3-4-10-21-19/h3-4,8,10,13,18H,5-7,9,11-12,14-15H2,1-2H3/t18-/m1/s1. The molecule has 1 amide bonds. The van der Waals surface area contributed by atoms with E-state index >= 15 is 0 Å². The minimum atomic E-state index is 0.284. The van der Waals surface area contributed by atoms with Gasteiger partial charge in [-0.2, -0.15) is 5.10 Å². The van der Waals surface area contributed by atoms with Crippen LogP contribution in [0.3, 0.4) is 0 Å². The summed E-state index contributed by atoms with van der Waals surface area (Å²) in [5.41, 5.74) is 3.34. The lowest BCUT2D eigenvalue weighted by Gasteiger charge is -2.33. The zero-order valence-electron chi connectivity index (χ0n) is 15.3. The molecular weight excluding hydrogens is 312 g/mol. The van der Waals surface area contributed by atoms with Crippen molar-refractivity contribution in [3.63, 3.8) is 0 Å². The minimum absolute atomic E-state index is 0.284. The lowest BCUT2D eigenvalue weighted by Crippen LogP contribution is -2.40.